The van der Waals surface area contributed by atoms with Crippen molar-refractivity contribution in [2.45, 2.75) is 30.8 Å². The first-order chi connectivity index (χ1) is 9.25. The highest BCUT2D eigenvalue weighted by atomic mass is 35.5. The number of benzene rings is 1. The van der Waals surface area contributed by atoms with Gasteiger partial charge in [0.05, 0.1) is 0 Å². The third-order valence-corrected chi connectivity index (χ3v) is 6.26. The number of halogens is 2. The Morgan fingerprint density at radius 3 is 2.50 bits per heavy atom. The van der Waals surface area contributed by atoms with Crippen LogP contribution in [0.3, 0.4) is 0 Å². The Balaban J connectivity index is 2.40. The first kappa shape index (κ1) is 15.7. The molecule has 0 unspecified atom stereocenters. The molecule has 1 saturated heterocycles. The summed E-state index contributed by atoms with van der Waals surface area (Å²) in [5.41, 5.74) is 0. The van der Waals surface area contributed by atoms with Gasteiger partial charge in [0.2, 0.25) is 10.0 Å². The monoisotopic (exact) mass is 320 g/mol. The van der Waals surface area contributed by atoms with Crippen LogP contribution in [0.15, 0.2) is 23.1 Å². The van der Waals surface area contributed by atoms with E-state index in [0.717, 1.165) is 6.07 Å². The summed E-state index contributed by atoms with van der Waals surface area (Å²) >= 11 is 5.67. The van der Waals surface area contributed by atoms with Crippen LogP contribution in [0, 0.1) is 5.82 Å². The van der Waals surface area contributed by atoms with Crippen molar-refractivity contribution in [3.63, 3.8) is 0 Å². The van der Waals surface area contributed by atoms with Crippen molar-refractivity contribution in [2.75, 3.05) is 20.1 Å². The fourth-order valence-electron chi connectivity index (χ4n) is 2.42. The minimum absolute atomic E-state index is 0.0777. The first-order valence-corrected chi connectivity index (χ1v) is 8.24. The zero-order chi connectivity index (χ0) is 15.1. The average Bonchev–Trinajstić information content (AvgIpc) is 2.35. The van der Waals surface area contributed by atoms with Crippen LogP contribution in [0.1, 0.15) is 13.8 Å². The summed E-state index contributed by atoms with van der Waals surface area (Å²) in [5, 5.41) is 0.182. The molecule has 1 fully saturated rings. The van der Waals surface area contributed by atoms with Gasteiger partial charge in [-0.15, -0.1) is 0 Å². The Morgan fingerprint density at radius 2 is 1.90 bits per heavy atom. The van der Waals surface area contributed by atoms with Crippen molar-refractivity contribution in [3.05, 3.63) is 29.0 Å². The summed E-state index contributed by atoms with van der Waals surface area (Å²) in [6.45, 7) is 4.78. The maximum atomic E-state index is 13.9. The lowest BCUT2D eigenvalue weighted by Crippen LogP contribution is -2.57. The molecule has 0 N–H and O–H groups in total. The van der Waals surface area contributed by atoms with Crippen molar-refractivity contribution in [1.29, 1.82) is 0 Å². The van der Waals surface area contributed by atoms with E-state index in [1.165, 1.54) is 16.4 Å². The van der Waals surface area contributed by atoms with Crippen molar-refractivity contribution in [1.82, 2.24) is 9.21 Å². The molecule has 20 heavy (non-hydrogen) atoms. The largest absolute Gasteiger partial charge is 0.301 e. The van der Waals surface area contributed by atoms with E-state index >= 15 is 0 Å². The van der Waals surface area contributed by atoms with E-state index in [-0.39, 0.29) is 22.0 Å². The van der Waals surface area contributed by atoms with Crippen LogP contribution in [-0.2, 0) is 10.0 Å². The maximum Gasteiger partial charge on any atom is 0.246 e. The van der Waals surface area contributed by atoms with Gasteiger partial charge in [0, 0.05) is 30.2 Å². The minimum Gasteiger partial charge on any atom is -0.301 e. The van der Waals surface area contributed by atoms with Gasteiger partial charge >= 0.3 is 0 Å². The maximum absolute atomic E-state index is 13.9. The number of nitrogens with zero attached hydrogens (tertiary/aromatic N) is 2. The molecule has 0 aromatic heterocycles. The molecule has 1 aliphatic heterocycles. The molecule has 7 heteroatoms. The Labute approximate surface area is 124 Å². The van der Waals surface area contributed by atoms with Gasteiger partial charge in [-0.1, -0.05) is 11.6 Å². The van der Waals surface area contributed by atoms with Crippen LogP contribution in [0.25, 0.3) is 0 Å². The number of likely N-dealkylation sites (N-methyl/N-ethyl adjacent to an activating group) is 1. The minimum atomic E-state index is -3.84. The summed E-state index contributed by atoms with van der Waals surface area (Å²) in [7, 11) is -1.89. The number of hydrogen-bond donors (Lipinski definition) is 0. The molecule has 2 rings (SSSR count). The Bertz CT molecular complexity index is 608. The lowest BCUT2D eigenvalue weighted by molar-refractivity contribution is 0.109. The molecule has 0 amide bonds. The van der Waals surface area contributed by atoms with Gasteiger partial charge in [0.25, 0.3) is 0 Å². The summed E-state index contributed by atoms with van der Waals surface area (Å²) in [5.74, 6) is -0.809. The van der Waals surface area contributed by atoms with Crippen molar-refractivity contribution >= 4 is 21.6 Å². The molecule has 4 nitrogen and oxygen atoms in total. The molecule has 0 saturated carbocycles. The van der Waals surface area contributed by atoms with Gasteiger partial charge in [0.1, 0.15) is 10.7 Å². The number of piperazine rings is 1. The highest BCUT2D eigenvalue weighted by Gasteiger charge is 2.37. The summed E-state index contributed by atoms with van der Waals surface area (Å²) < 4.78 is 40.5. The van der Waals surface area contributed by atoms with Crippen LogP contribution in [0.5, 0.6) is 0 Å². The third kappa shape index (κ3) is 2.70. The van der Waals surface area contributed by atoms with Gasteiger partial charge in [-0.3, -0.25) is 0 Å². The second-order valence-corrected chi connectivity index (χ2v) is 7.45. The molecule has 0 bridgehead atoms. The summed E-state index contributed by atoms with van der Waals surface area (Å²) in [4.78, 5) is 1.78. The van der Waals surface area contributed by atoms with Crippen LogP contribution in [-0.4, -0.2) is 49.8 Å². The average molecular weight is 321 g/mol. The molecule has 2 atom stereocenters. The van der Waals surface area contributed by atoms with Gasteiger partial charge in [-0.25, -0.2) is 12.8 Å². The Kier molecular flexibility index (Phi) is 4.39. The van der Waals surface area contributed by atoms with Crippen molar-refractivity contribution in [3.8, 4) is 0 Å². The smallest absolute Gasteiger partial charge is 0.246 e. The van der Waals surface area contributed by atoms with E-state index < -0.39 is 15.8 Å². The molecule has 0 aliphatic carbocycles. The summed E-state index contributed by atoms with van der Waals surface area (Å²) in [6.07, 6.45) is 0. The van der Waals surface area contributed by atoms with E-state index in [1.807, 2.05) is 20.9 Å². The number of sulfonamides is 1. The molecule has 1 aromatic carbocycles. The van der Waals surface area contributed by atoms with Crippen LogP contribution >= 0.6 is 11.6 Å². The highest BCUT2D eigenvalue weighted by Crippen LogP contribution is 2.27. The van der Waals surface area contributed by atoms with E-state index in [0.29, 0.717) is 13.1 Å². The van der Waals surface area contributed by atoms with Gasteiger partial charge in [-0.05, 0) is 39.1 Å². The Morgan fingerprint density at radius 1 is 1.25 bits per heavy atom. The first-order valence-electron chi connectivity index (χ1n) is 6.42. The zero-order valence-corrected chi connectivity index (χ0v) is 13.2. The molecular weight excluding hydrogens is 303 g/mol. The molecule has 1 heterocycles. The third-order valence-electron chi connectivity index (χ3n) is 4.00. The van der Waals surface area contributed by atoms with Crippen LogP contribution in [0.4, 0.5) is 4.39 Å². The fourth-order valence-corrected chi connectivity index (χ4v) is 4.32. The molecule has 0 spiro atoms. The lowest BCUT2D eigenvalue weighted by Gasteiger charge is -2.42. The summed E-state index contributed by atoms with van der Waals surface area (Å²) in [6, 6.07) is 3.51. The fraction of sp³-hybridized carbons (Fsp3) is 0.538. The van der Waals surface area contributed by atoms with E-state index in [2.05, 4.69) is 4.90 Å². The number of rotatable bonds is 2. The van der Waals surface area contributed by atoms with Crippen molar-refractivity contribution in [2.24, 2.45) is 0 Å². The van der Waals surface area contributed by atoms with E-state index in [9.17, 15) is 12.8 Å². The highest BCUT2D eigenvalue weighted by molar-refractivity contribution is 7.89. The van der Waals surface area contributed by atoms with Gasteiger partial charge < -0.3 is 4.90 Å². The van der Waals surface area contributed by atoms with Crippen LogP contribution in [0.2, 0.25) is 5.02 Å². The molecule has 1 aliphatic rings. The van der Waals surface area contributed by atoms with Gasteiger partial charge in [-0.2, -0.15) is 4.31 Å². The van der Waals surface area contributed by atoms with E-state index in [4.69, 9.17) is 11.6 Å². The SMILES string of the molecule is C[C@@H]1[C@H](C)N(S(=O)(=O)c2ccc(Cl)cc2F)CCN1C. The van der Waals surface area contributed by atoms with E-state index in [1.54, 1.807) is 0 Å². The molecular formula is C13H18ClFN2O2S. The second-order valence-electron chi connectivity index (χ2n) is 5.15. The quantitative estimate of drug-likeness (QED) is 0.838. The van der Waals surface area contributed by atoms with Gasteiger partial charge in [0.15, 0.2) is 0 Å². The standard InChI is InChI=1S/C13H18ClFN2O2S/c1-9-10(2)17(7-6-16(9)3)20(18,19)13-5-4-11(14)8-12(13)15/h4-5,8-10H,6-7H2,1-3H3/t9-,10+/m1/s1. The zero-order valence-electron chi connectivity index (χ0n) is 11.7. The topological polar surface area (TPSA) is 40.6 Å². The molecule has 0 radical (unpaired) electrons. The number of hydrogen-bond acceptors (Lipinski definition) is 3. The van der Waals surface area contributed by atoms with Crippen LogP contribution < -0.4 is 0 Å². The second kappa shape index (κ2) is 5.60. The predicted molar refractivity (Wildman–Crippen MR) is 76.9 cm³/mol. The molecule has 112 valence electrons. The lowest BCUT2D eigenvalue weighted by atomic mass is 10.1. The van der Waals surface area contributed by atoms with Crippen molar-refractivity contribution < 1.29 is 12.8 Å². The Hall–Kier alpha value is -0.690. The molecule has 1 aromatic rings. The normalized spacial score (nSPS) is 25.9. The predicted octanol–water partition coefficient (Wildman–Crippen LogP) is 2.19.